The van der Waals surface area contributed by atoms with Crippen LogP contribution in [0.15, 0.2) is 5.38 Å². The minimum atomic E-state index is -0.864. The molecule has 18 heavy (non-hydrogen) atoms. The normalized spacial score (nSPS) is 13.3. The summed E-state index contributed by atoms with van der Waals surface area (Å²) in [5.74, 6) is 0.432. The predicted molar refractivity (Wildman–Crippen MR) is 76.5 cm³/mol. The SMILES string of the molecule is CS(=O)CCNC(=O)Cc1csc(C(C)(C)C)n1. The lowest BCUT2D eigenvalue weighted by Crippen LogP contribution is -2.29. The van der Waals surface area contributed by atoms with Crippen LogP contribution in [0.25, 0.3) is 0 Å². The summed E-state index contributed by atoms with van der Waals surface area (Å²) in [6, 6.07) is 0. The van der Waals surface area contributed by atoms with Crippen molar-refractivity contribution in [2.24, 2.45) is 0 Å². The third-order valence-electron chi connectivity index (χ3n) is 2.25. The number of rotatable bonds is 5. The van der Waals surface area contributed by atoms with Gasteiger partial charge in [-0.15, -0.1) is 11.3 Å². The zero-order valence-corrected chi connectivity index (χ0v) is 12.9. The number of nitrogens with one attached hydrogen (secondary N) is 1. The van der Waals surface area contributed by atoms with Crippen LogP contribution >= 0.6 is 11.3 Å². The lowest BCUT2D eigenvalue weighted by atomic mass is 9.98. The maximum atomic E-state index is 11.6. The van der Waals surface area contributed by atoms with E-state index in [9.17, 15) is 9.00 Å². The van der Waals surface area contributed by atoms with E-state index >= 15 is 0 Å². The van der Waals surface area contributed by atoms with Crippen molar-refractivity contribution >= 4 is 28.0 Å². The molecule has 0 aliphatic heterocycles. The Morgan fingerprint density at radius 3 is 2.67 bits per heavy atom. The van der Waals surface area contributed by atoms with Gasteiger partial charge in [0.05, 0.1) is 17.1 Å². The molecule has 0 aliphatic carbocycles. The fraction of sp³-hybridized carbons (Fsp3) is 0.667. The summed E-state index contributed by atoms with van der Waals surface area (Å²) in [6.07, 6.45) is 1.92. The summed E-state index contributed by atoms with van der Waals surface area (Å²) in [6.45, 7) is 6.77. The maximum absolute atomic E-state index is 11.6. The fourth-order valence-electron chi connectivity index (χ4n) is 1.29. The lowest BCUT2D eigenvalue weighted by Gasteiger charge is -2.13. The summed E-state index contributed by atoms with van der Waals surface area (Å²) < 4.78 is 10.8. The quantitative estimate of drug-likeness (QED) is 0.893. The summed E-state index contributed by atoms with van der Waals surface area (Å²) >= 11 is 1.59. The van der Waals surface area contributed by atoms with E-state index < -0.39 is 10.8 Å². The van der Waals surface area contributed by atoms with Crippen molar-refractivity contribution < 1.29 is 9.00 Å². The highest BCUT2D eigenvalue weighted by Gasteiger charge is 2.18. The number of carbonyl (C=O) groups is 1. The van der Waals surface area contributed by atoms with Crippen LogP contribution in [0.2, 0.25) is 0 Å². The van der Waals surface area contributed by atoms with E-state index in [1.165, 1.54) is 0 Å². The van der Waals surface area contributed by atoms with Crippen molar-refractivity contribution in [3.05, 3.63) is 16.1 Å². The number of hydrogen-bond donors (Lipinski definition) is 1. The third-order valence-corrected chi connectivity index (χ3v) is 4.34. The highest BCUT2D eigenvalue weighted by molar-refractivity contribution is 7.84. The van der Waals surface area contributed by atoms with Gasteiger partial charge in [-0.1, -0.05) is 20.8 Å². The molecule has 1 heterocycles. The summed E-state index contributed by atoms with van der Waals surface area (Å²) in [7, 11) is -0.864. The molecule has 0 saturated heterocycles. The number of carbonyl (C=O) groups excluding carboxylic acids is 1. The zero-order valence-electron chi connectivity index (χ0n) is 11.3. The van der Waals surface area contributed by atoms with Gasteiger partial charge in [0.1, 0.15) is 0 Å². The van der Waals surface area contributed by atoms with E-state index in [0.29, 0.717) is 18.7 Å². The van der Waals surface area contributed by atoms with Crippen LogP contribution < -0.4 is 5.32 Å². The minimum absolute atomic E-state index is 0.0263. The molecule has 102 valence electrons. The van der Waals surface area contributed by atoms with Crippen LogP contribution in [0.4, 0.5) is 0 Å². The van der Waals surface area contributed by atoms with E-state index in [1.807, 2.05) is 5.38 Å². The van der Waals surface area contributed by atoms with Gasteiger partial charge >= 0.3 is 0 Å². The van der Waals surface area contributed by atoms with E-state index in [1.54, 1.807) is 17.6 Å². The predicted octanol–water partition coefficient (Wildman–Crippen LogP) is 1.48. The van der Waals surface area contributed by atoms with Gasteiger partial charge in [-0.2, -0.15) is 0 Å². The van der Waals surface area contributed by atoms with E-state index in [2.05, 4.69) is 31.1 Å². The average Bonchev–Trinajstić information content (AvgIpc) is 2.64. The minimum Gasteiger partial charge on any atom is -0.355 e. The molecule has 1 rings (SSSR count). The Bertz CT molecular complexity index is 436. The Morgan fingerprint density at radius 1 is 1.50 bits per heavy atom. The molecule has 1 amide bonds. The van der Waals surface area contributed by atoms with Crippen LogP contribution in [-0.2, 0) is 27.4 Å². The molecule has 0 saturated carbocycles. The Kier molecular flexibility index (Phi) is 5.47. The number of amides is 1. The molecule has 4 nitrogen and oxygen atoms in total. The van der Waals surface area contributed by atoms with Crippen LogP contribution in [0, 0.1) is 0 Å². The van der Waals surface area contributed by atoms with Gasteiger partial charge in [-0.25, -0.2) is 4.98 Å². The van der Waals surface area contributed by atoms with Crippen LogP contribution in [-0.4, -0.2) is 33.7 Å². The summed E-state index contributed by atoms with van der Waals surface area (Å²) in [5.41, 5.74) is 0.832. The molecule has 1 N–H and O–H groups in total. The van der Waals surface area contributed by atoms with Crippen molar-refractivity contribution in [1.29, 1.82) is 0 Å². The molecular formula is C12H20N2O2S2. The Balaban J connectivity index is 2.45. The molecule has 0 bridgehead atoms. The van der Waals surface area contributed by atoms with Crippen molar-refractivity contribution in [2.75, 3.05) is 18.6 Å². The van der Waals surface area contributed by atoms with Gasteiger partial charge in [0.2, 0.25) is 5.91 Å². The smallest absolute Gasteiger partial charge is 0.226 e. The number of hydrogen-bond acceptors (Lipinski definition) is 4. The molecule has 6 heteroatoms. The molecule has 0 radical (unpaired) electrons. The van der Waals surface area contributed by atoms with Gasteiger partial charge < -0.3 is 5.32 Å². The second-order valence-corrected chi connectivity index (χ2v) is 7.61. The highest BCUT2D eigenvalue weighted by Crippen LogP contribution is 2.25. The second-order valence-electron chi connectivity index (χ2n) is 5.20. The monoisotopic (exact) mass is 288 g/mol. The van der Waals surface area contributed by atoms with Crippen molar-refractivity contribution in [1.82, 2.24) is 10.3 Å². The standard InChI is InChI=1S/C12H20N2O2S2/c1-12(2,3)11-14-9(8-17-11)7-10(15)13-5-6-18(4)16/h8H,5-7H2,1-4H3,(H,13,15). The highest BCUT2D eigenvalue weighted by atomic mass is 32.2. The second kappa shape index (κ2) is 6.43. The van der Waals surface area contributed by atoms with Crippen molar-refractivity contribution in [3.8, 4) is 0 Å². The zero-order chi connectivity index (χ0) is 13.8. The molecular weight excluding hydrogens is 268 g/mol. The van der Waals surface area contributed by atoms with Gasteiger partial charge in [-0.3, -0.25) is 9.00 Å². The van der Waals surface area contributed by atoms with Gasteiger partial charge in [0.15, 0.2) is 0 Å². The van der Waals surface area contributed by atoms with Gasteiger partial charge in [0, 0.05) is 40.1 Å². The van der Waals surface area contributed by atoms with E-state index in [-0.39, 0.29) is 11.3 Å². The number of nitrogens with zero attached hydrogens (tertiary/aromatic N) is 1. The van der Waals surface area contributed by atoms with Crippen LogP contribution in [0.1, 0.15) is 31.5 Å². The Hall–Kier alpha value is -0.750. The van der Waals surface area contributed by atoms with Crippen molar-refractivity contribution in [3.63, 3.8) is 0 Å². The third kappa shape index (κ3) is 5.27. The molecule has 0 aliphatic rings. The van der Waals surface area contributed by atoms with Crippen molar-refractivity contribution in [2.45, 2.75) is 32.6 Å². The molecule has 0 aromatic carbocycles. The molecule has 1 aromatic heterocycles. The Labute approximate surface area is 115 Å². The first-order valence-electron chi connectivity index (χ1n) is 5.80. The van der Waals surface area contributed by atoms with Gasteiger partial charge in [0.25, 0.3) is 0 Å². The molecule has 1 atom stereocenters. The largest absolute Gasteiger partial charge is 0.355 e. The summed E-state index contributed by atoms with van der Waals surface area (Å²) in [5, 5.41) is 5.71. The maximum Gasteiger partial charge on any atom is 0.226 e. The van der Waals surface area contributed by atoms with Gasteiger partial charge in [-0.05, 0) is 0 Å². The fourth-order valence-corrected chi connectivity index (χ4v) is 2.59. The van der Waals surface area contributed by atoms with E-state index in [4.69, 9.17) is 0 Å². The topological polar surface area (TPSA) is 59.1 Å². The first-order chi connectivity index (χ1) is 8.29. The molecule has 1 unspecified atom stereocenters. The van der Waals surface area contributed by atoms with Crippen LogP contribution in [0.5, 0.6) is 0 Å². The Morgan fingerprint density at radius 2 is 2.17 bits per heavy atom. The number of aromatic nitrogens is 1. The van der Waals surface area contributed by atoms with E-state index in [0.717, 1.165) is 10.7 Å². The molecule has 1 aromatic rings. The molecule has 0 fully saturated rings. The average molecular weight is 288 g/mol. The summed E-state index contributed by atoms with van der Waals surface area (Å²) in [4.78, 5) is 16.1. The molecule has 0 spiro atoms. The lowest BCUT2D eigenvalue weighted by molar-refractivity contribution is -0.120. The number of thiazole rings is 1. The first kappa shape index (κ1) is 15.3. The van der Waals surface area contributed by atoms with Crippen LogP contribution in [0.3, 0.4) is 0 Å². The first-order valence-corrected chi connectivity index (χ1v) is 8.41.